The number of hydrogen-bond acceptors (Lipinski definition) is 8. The number of rotatable bonds is 10. The van der Waals surface area contributed by atoms with Gasteiger partial charge in [0, 0.05) is 23.5 Å². The molecule has 3 rings (SSSR count). The molecular formula is C26H22N4O7. The molecule has 0 radical (unpaired) electrons. The average Bonchev–Trinajstić information content (AvgIpc) is 2.91. The van der Waals surface area contributed by atoms with Gasteiger partial charge in [0.25, 0.3) is 17.5 Å². The standard InChI is InChI=1S/C26H22N4O7/c1-35-22-9-7-19(8-10-22)28-25(31)16-37-23-11-6-17(13-24(23)36-2)12-18(15-27)26(32)29-20-4-3-5-21(14-20)30(33)34/h3-14H,16H2,1-2H3,(H,28,31)(H,29,32)/b18-12-. The summed E-state index contributed by atoms with van der Waals surface area (Å²) in [5.41, 5.74) is 0.779. The van der Waals surface area contributed by atoms with Gasteiger partial charge in [0.1, 0.15) is 17.4 Å². The van der Waals surface area contributed by atoms with Crippen LogP contribution in [0.5, 0.6) is 17.2 Å². The fraction of sp³-hybridized carbons (Fsp3) is 0.115. The molecule has 0 aliphatic heterocycles. The molecule has 3 aromatic rings. The molecular weight excluding hydrogens is 480 g/mol. The van der Waals surface area contributed by atoms with Gasteiger partial charge in [-0.3, -0.25) is 19.7 Å². The molecule has 188 valence electrons. The number of carbonyl (C=O) groups is 2. The van der Waals surface area contributed by atoms with Crippen molar-refractivity contribution in [1.82, 2.24) is 0 Å². The van der Waals surface area contributed by atoms with Gasteiger partial charge in [-0.05, 0) is 54.1 Å². The zero-order valence-corrected chi connectivity index (χ0v) is 19.9. The SMILES string of the molecule is COc1ccc(NC(=O)COc2ccc(/C=C(/C#N)C(=O)Nc3cccc([N+](=O)[O-])c3)cc2OC)cc1. The third-order valence-corrected chi connectivity index (χ3v) is 4.91. The van der Waals surface area contributed by atoms with Gasteiger partial charge in [-0.2, -0.15) is 5.26 Å². The highest BCUT2D eigenvalue weighted by atomic mass is 16.6. The summed E-state index contributed by atoms with van der Waals surface area (Å²) in [5, 5.41) is 25.6. The zero-order chi connectivity index (χ0) is 26.8. The first-order valence-electron chi connectivity index (χ1n) is 10.7. The van der Waals surface area contributed by atoms with Crippen molar-refractivity contribution in [3.63, 3.8) is 0 Å². The average molecular weight is 502 g/mol. The van der Waals surface area contributed by atoms with E-state index >= 15 is 0 Å². The highest BCUT2D eigenvalue weighted by Crippen LogP contribution is 2.29. The summed E-state index contributed by atoms with van der Waals surface area (Å²) in [7, 11) is 2.96. The van der Waals surface area contributed by atoms with Crippen molar-refractivity contribution in [2.45, 2.75) is 0 Å². The number of anilines is 2. The number of hydrogen-bond donors (Lipinski definition) is 2. The summed E-state index contributed by atoms with van der Waals surface area (Å²) in [6.07, 6.45) is 1.33. The van der Waals surface area contributed by atoms with Gasteiger partial charge in [0.2, 0.25) is 0 Å². The van der Waals surface area contributed by atoms with Crippen LogP contribution in [0.15, 0.2) is 72.3 Å². The second-order valence-electron chi connectivity index (χ2n) is 7.41. The Hall–Kier alpha value is -5.37. The number of carbonyl (C=O) groups excluding carboxylic acids is 2. The van der Waals surface area contributed by atoms with Crippen LogP contribution in [-0.4, -0.2) is 37.6 Å². The van der Waals surface area contributed by atoms with Crippen LogP contribution in [-0.2, 0) is 9.59 Å². The van der Waals surface area contributed by atoms with Gasteiger partial charge < -0.3 is 24.8 Å². The van der Waals surface area contributed by atoms with Crippen LogP contribution in [0.2, 0.25) is 0 Å². The van der Waals surface area contributed by atoms with Crippen LogP contribution < -0.4 is 24.8 Å². The number of ether oxygens (including phenoxy) is 3. The van der Waals surface area contributed by atoms with Crippen molar-refractivity contribution in [2.75, 3.05) is 31.5 Å². The molecule has 0 saturated heterocycles. The first-order valence-corrected chi connectivity index (χ1v) is 10.7. The van der Waals surface area contributed by atoms with E-state index in [0.29, 0.717) is 17.0 Å². The fourth-order valence-corrected chi connectivity index (χ4v) is 3.12. The van der Waals surface area contributed by atoms with Crippen molar-refractivity contribution in [3.8, 4) is 23.3 Å². The number of benzene rings is 3. The van der Waals surface area contributed by atoms with Crippen LogP contribution in [0.25, 0.3) is 6.08 Å². The Balaban J connectivity index is 1.67. The van der Waals surface area contributed by atoms with Crippen LogP contribution in [0, 0.1) is 21.4 Å². The monoisotopic (exact) mass is 502 g/mol. The van der Waals surface area contributed by atoms with Crippen LogP contribution in [0.4, 0.5) is 17.1 Å². The van der Waals surface area contributed by atoms with Crippen LogP contribution >= 0.6 is 0 Å². The molecule has 0 aliphatic rings. The van der Waals surface area contributed by atoms with E-state index in [2.05, 4.69) is 10.6 Å². The van der Waals surface area contributed by atoms with Crippen molar-refractivity contribution < 1.29 is 28.7 Å². The van der Waals surface area contributed by atoms with Gasteiger partial charge in [0.05, 0.1) is 19.1 Å². The highest BCUT2D eigenvalue weighted by molar-refractivity contribution is 6.09. The van der Waals surface area contributed by atoms with E-state index in [9.17, 15) is 25.0 Å². The summed E-state index contributed by atoms with van der Waals surface area (Å²) in [6.45, 7) is -0.285. The lowest BCUT2D eigenvalue weighted by atomic mass is 10.1. The number of non-ortho nitro benzene ring substituents is 1. The van der Waals surface area contributed by atoms with Crippen LogP contribution in [0.1, 0.15) is 5.56 Å². The molecule has 0 saturated carbocycles. The molecule has 0 atom stereocenters. The minimum Gasteiger partial charge on any atom is -0.497 e. The predicted octanol–water partition coefficient (Wildman–Crippen LogP) is 4.18. The maximum Gasteiger partial charge on any atom is 0.271 e. The number of nitro groups is 1. The number of nitrogens with one attached hydrogen (secondary N) is 2. The van der Waals surface area contributed by atoms with E-state index < -0.39 is 10.8 Å². The Bertz CT molecular complexity index is 1380. The second kappa shape index (κ2) is 12.4. The largest absolute Gasteiger partial charge is 0.497 e. The lowest BCUT2D eigenvalue weighted by Gasteiger charge is -2.12. The molecule has 0 aliphatic carbocycles. The molecule has 11 nitrogen and oxygen atoms in total. The Morgan fingerprint density at radius 1 is 0.973 bits per heavy atom. The molecule has 0 heterocycles. The summed E-state index contributed by atoms with van der Waals surface area (Å²) < 4.78 is 16.0. The van der Waals surface area contributed by atoms with Crippen molar-refractivity contribution in [1.29, 1.82) is 5.26 Å². The number of nitrogens with zero attached hydrogens (tertiary/aromatic N) is 2. The summed E-state index contributed by atoms with van der Waals surface area (Å²) >= 11 is 0. The quantitative estimate of drug-likeness (QED) is 0.181. The number of nitriles is 1. The Morgan fingerprint density at radius 3 is 2.38 bits per heavy atom. The van der Waals surface area contributed by atoms with Crippen molar-refractivity contribution in [2.24, 2.45) is 0 Å². The van der Waals surface area contributed by atoms with Crippen LogP contribution in [0.3, 0.4) is 0 Å². The molecule has 0 bridgehead atoms. The van der Waals surface area contributed by atoms with E-state index in [4.69, 9.17) is 14.2 Å². The third kappa shape index (κ3) is 7.30. The molecule has 0 spiro atoms. The number of methoxy groups -OCH3 is 2. The number of amides is 2. The summed E-state index contributed by atoms with van der Waals surface area (Å²) in [5.74, 6) is 0.0962. The lowest BCUT2D eigenvalue weighted by Crippen LogP contribution is -2.20. The molecule has 11 heteroatoms. The first kappa shape index (κ1) is 26.2. The minimum atomic E-state index is -0.738. The van der Waals surface area contributed by atoms with Gasteiger partial charge in [-0.1, -0.05) is 12.1 Å². The lowest BCUT2D eigenvalue weighted by molar-refractivity contribution is -0.384. The van der Waals surface area contributed by atoms with E-state index in [1.807, 2.05) is 6.07 Å². The molecule has 2 N–H and O–H groups in total. The van der Waals surface area contributed by atoms with Gasteiger partial charge in [0.15, 0.2) is 18.1 Å². The maximum atomic E-state index is 12.5. The normalized spacial score (nSPS) is 10.6. The first-order chi connectivity index (χ1) is 17.8. The zero-order valence-electron chi connectivity index (χ0n) is 19.9. The molecule has 0 unspecified atom stereocenters. The molecule has 0 aromatic heterocycles. The maximum absolute atomic E-state index is 12.5. The molecule has 2 amide bonds. The minimum absolute atomic E-state index is 0.176. The number of nitro benzene ring substituents is 1. The van der Waals surface area contributed by atoms with Gasteiger partial charge >= 0.3 is 0 Å². The molecule has 0 fully saturated rings. The van der Waals surface area contributed by atoms with E-state index in [1.165, 1.54) is 43.5 Å². The topological polar surface area (TPSA) is 153 Å². The van der Waals surface area contributed by atoms with Gasteiger partial charge in [-0.25, -0.2) is 0 Å². The second-order valence-corrected chi connectivity index (χ2v) is 7.41. The molecule has 37 heavy (non-hydrogen) atoms. The summed E-state index contributed by atoms with van der Waals surface area (Å²) in [6, 6.07) is 18.7. The Morgan fingerprint density at radius 2 is 1.73 bits per heavy atom. The Kier molecular flexibility index (Phi) is 8.77. The Labute approximate surface area is 212 Å². The van der Waals surface area contributed by atoms with E-state index in [-0.39, 0.29) is 41.0 Å². The summed E-state index contributed by atoms with van der Waals surface area (Å²) in [4.78, 5) is 35.1. The van der Waals surface area contributed by atoms with Crippen molar-refractivity contribution >= 4 is 35.0 Å². The van der Waals surface area contributed by atoms with Crippen molar-refractivity contribution in [3.05, 3.63) is 88.0 Å². The fourth-order valence-electron chi connectivity index (χ4n) is 3.12. The van der Waals surface area contributed by atoms with Gasteiger partial charge in [-0.15, -0.1) is 0 Å². The van der Waals surface area contributed by atoms with E-state index in [0.717, 1.165) is 0 Å². The highest BCUT2D eigenvalue weighted by Gasteiger charge is 2.14. The molecule has 3 aromatic carbocycles. The predicted molar refractivity (Wildman–Crippen MR) is 135 cm³/mol. The smallest absolute Gasteiger partial charge is 0.271 e. The third-order valence-electron chi connectivity index (χ3n) is 4.91. The van der Waals surface area contributed by atoms with E-state index in [1.54, 1.807) is 43.5 Å².